The Balaban J connectivity index is 1.65. The van der Waals surface area contributed by atoms with Gasteiger partial charge in [-0.1, -0.05) is 35.9 Å². The predicted octanol–water partition coefficient (Wildman–Crippen LogP) is 4.00. The number of nitrogens with zero attached hydrogens (tertiary/aromatic N) is 2. The second-order valence-electron chi connectivity index (χ2n) is 6.98. The fourth-order valence-corrected chi connectivity index (χ4v) is 3.33. The molecule has 1 heterocycles. The maximum Gasteiger partial charge on any atom is 0.326 e. The largest absolute Gasteiger partial charge is 0.462 e. The van der Waals surface area contributed by atoms with Gasteiger partial charge < -0.3 is 14.6 Å². The minimum Gasteiger partial charge on any atom is -0.462 e. The quantitative estimate of drug-likeness (QED) is 0.447. The number of nitrogens with one attached hydrogen (secondary N) is 1. The second-order valence-corrected chi connectivity index (χ2v) is 7.39. The van der Waals surface area contributed by atoms with Crippen LogP contribution >= 0.6 is 11.6 Å². The standard InChI is InChI=1S/C22H24ClN3O3/c1-15(2)29-21(27)14-26-19-11-6-5-10-18(19)25-20(26)12-7-13-24-22(28)16-8-3-4-9-17(16)23/h3-6,8-11,15H,7,12-14H2,1-2H3,(H,24,28). The monoisotopic (exact) mass is 413 g/mol. The van der Waals surface area contributed by atoms with Gasteiger partial charge in [0.05, 0.1) is 27.7 Å². The van der Waals surface area contributed by atoms with Gasteiger partial charge in [0.2, 0.25) is 0 Å². The molecule has 0 radical (unpaired) electrons. The summed E-state index contributed by atoms with van der Waals surface area (Å²) < 4.78 is 7.17. The number of fused-ring (bicyclic) bond motifs is 1. The number of carbonyl (C=O) groups is 2. The van der Waals surface area contributed by atoms with E-state index in [9.17, 15) is 9.59 Å². The van der Waals surface area contributed by atoms with E-state index in [-0.39, 0.29) is 24.5 Å². The zero-order chi connectivity index (χ0) is 20.8. The molecule has 0 aliphatic heterocycles. The summed E-state index contributed by atoms with van der Waals surface area (Å²) in [6.45, 7) is 4.24. The lowest BCUT2D eigenvalue weighted by molar-refractivity contribution is -0.148. The molecule has 0 saturated carbocycles. The van der Waals surface area contributed by atoms with Gasteiger partial charge >= 0.3 is 5.97 Å². The van der Waals surface area contributed by atoms with E-state index in [0.29, 0.717) is 30.0 Å². The summed E-state index contributed by atoms with van der Waals surface area (Å²) in [5, 5.41) is 3.30. The number of halogens is 1. The molecule has 0 atom stereocenters. The number of rotatable bonds is 8. The van der Waals surface area contributed by atoms with Gasteiger partial charge in [-0.3, -0.25) is 9.59 Å². The Hall–Kier alpha value is -2.86. The van der Waals surface area contributed by atoms with Gasteiger partial charge in [0.15, 0.2) is 0 Å². The maximum absolute atomic E-state index is 12.3. The van der Waals surface area contributed by atoms with Gasteiger partial charge in [0, 0.05) is 13.0 Å². The first-order valence-corrected chi connectivity index (χ1v) is 10.00. The first-order chi connectivity index (χ1) is 14.0. The normalized spacial score (nSPS) is 11.0. The molecule has 0 unspecified atom stereocenters. The molecule has 0 aliphatic rings. The van der Waals surface area contributed by atoms with Gasteiger partial charge in [-0.2, -0.15) is 0 Å². The van der Waals surface area contributed by atoms with Crippen molar-refractivity contribution in [2.24, 2.45) is 0 Å². The third kappa shape index (κ3) is 5.35. The van der Waals surface area contributed by atoms with Crippen molar-refractivity contribution in [1.82, 2.24) is 14.9 Å². The van der Waals surface area contributed by atoms with Crippen LogP contribution in [0.1, 0.15) is 36.5 Å². The zero-order valence-electron chi connectivity index (χ0n) is 16.5. The smallest absolute Gasteiger partial charge is 0.326 e. The molecule has 2 aromatic carbocycles. The average molecular weight is 414 g/mol. The van der Waals surface area contributed by atoms with Gasteiger partial charge in [-0.05, 0) is 44.5 Å². The van der Waals surface area contributed by atoms with Crippen LogP contribution in [-0.2, 0) is 22.5 Å². The first kappa shape index (κ1) is 20.9. The average Bonchev–Trinajstić information content (AvgIpc) is 3.02. The number of esters is 1. The van der Waals surface area contributed by atoms with Gasteiger partial charge in [0.25, 0.3) is 5.91 Å². The van der Waals surface area contributed by atoms with E-state index in [1.54, 1.807) is 24.3 Å². The highest BCUT2D eigenvalue weighted by molar-refractivity contribution is 6.33. The molecule has 1 N–H and O–H groups in total. The molecule has 6 nitrogen and oxygen atoms in total. The molecule has 0 spiro atoms. The summed E-state index contributed by atoms with van der Waals surface area (Å²) in [5.74, 6) is 0.292. The summed E-state index contributed by atoms with van der Waals surface area (Å²) >= 11 is 6.06. The number of aryl methyl sites for hydroxylation is 1. The number of ether oxygens (including phenoxy) is 1. The van der Waals surface area contributed by atoms with Crippen molar-refractivity contribution in [3.63, 3.8) is 0 Å². The van der Waals surface area contributed by atoms with Crippen molar-refractivity contribution < 1.29 is 14.3 Å². The molecule has 0 saturated heterocycles. The topological polar surface area (TPSA) is 73.2 Å². The van der Waals surface area contributed by atoms with Crippen LogP contribution in [0.3, 0.4) is 0 Å². The highest BCUT2D eigenvalue weighted by Crippen LogP contribution is 2.18. The van der Waals surface area contributed by atoms with Crippen LogP contribution in [0.25, 0.3) is 11.0 Å². The van der Waals surface area contributed by atoms with Gasteiger partial charge in [-0.25, -0.2) is 4.98 Å². The van der Waals surface area contributed by atoms with Crippen LogP contribution in [0.4, 0.5) is 0 Å². The Morgan fingerprint density at radius 3 is 2.62 bits per heavy atom. The Labute approximate surface area is 174 Å². The van der Waals surface area contributed by atoms with Crippen LogP contribution in [0, 0.1) is 0 Å². The van der Waals surface area contributed by atoms with Crippen molar-refractivity contribution in [2.75, 3.05) is 6.54 Å². The lowest BCUT2D eigenvalue weighted by atomic mass is 10.2. The van der Waals surface area contributed by atoms with E-state index in [1.165, 1.54) is 0 Å². The third-order valence-electron chi connectivity index (χ3n) is 4.37. The van der Waals surface area contributed by atoms with Gasteiger partial charge in [-0.15, -0.1) is 0 Å². The Morgan fingerprint density at radius 2 is 1.86 bits per heavy atom. The van der Waals surface area contributed by atoms with Crippen molar-refractivity contribution >= 4 is 34.5 Å². The zero-order valence-corrected chi connectivity index (χ0v) is 17.3. The van der Waals surface area contributed by atoms with Crippen LogP contribution in [0.5, 0.6) is 0 Å². The SMILES string of the molecule is CC(C)OC(=O)Cn1c(CCCNC(=O)c2ccccc2Cl)nc2ccccc21. The molecule has 29 heavy (non-hydrogen) atoms. The Kier molecular flexibility index (Phi) is 6.88. The second kappa shape index (κ2) is 9.56. The number of imidazole rings is 1. The number of carbonyl (C=O) groups excluding carboxylic acids is 2. The minimum absolute atomic E-state index is 0.111. The summed E-state index contributed by atoms with van der Waals surface area (Å²) in [7, 11) is 0. The molecule has 7 heteroatoms. The number of para-hydroxylation sites is 2. The van der Waals surface area contributed by atoms with Crippen LogP contribution < -0.4 is 5.32 Å². The fraction of sp³-hybridized carbons (Fsp3) is 0.318. The summed E-state index contributed by atoms with van der Waals surface area (Å²) in [6.07, 6.45) is 1.13. The van der Waals surface area contributed by atoms with E-state index in [0.717, 1.165) is 16.9 Å². The lowest BCUT2D eigenvalue weighted by Crippen LogP contribution is -2.25. The van der Waals surface area contributed by atoms with Crippen molar-refractivity contribution in [3.8, 4) is 0 Å². The molecule has 152 valence electrons. The number of hydrogen-bond donors (Lipinski definition) is 1. The Bertz CT molecular complexity index is 1010. The summed E-state index contributed by atoms with van der Waals surface area (Å²) in [5.41, 5.74) is 2.18. The summed E-state index contributed by atoms with van der Waals surface area (Å²) in [4.78, 5) is 29.1. The molecule has 0 fully saturated rings. The Morgan fingerprint density at radius 1 is 1.14 bits per heavy atom. The molecule has 1 aromatic heterocycles. The van der Waals surface area contributed by atoms with E-state index < -0.39 is 0 Å². The number of hydrogen-bond acceptors (Lipinski definition) is 4. The van der Waals surface area contributed by atoms with Crippen molar-refractivity contribution in [3.05, 3.63) is 64.9 Å². The highest BCUT2D eigenvalue weighted by atomic mass is 35.5. The van der Waals surface area contributed by atoms with Crippen molar-refractivity contribution in [1.29, 1.82) is 0 Å². The van der Waals surface area contributed by atoms with E-state index in [4.69, 9.17) is 16.3 Å². The maximum atomic E-state index is 12.3. The molecular weight excluding hydrogens is 390 g/mol. The summed E-state index contributed by atoms with van der Waals surface area (Å²) in [6, 6.07) is 14.6. The molecule has 1 amide bonds. The molecule has 0 bridgehead atoms. The van der Waals surface area contributed by atoms with Crippen molar-refractivity contribution in [2.45, 2.75) is 39.3 Å². The predicted molar refractivity (Wildman–Crippen MR) is 113 cm³/mol. The van der Waals surface area contributed by atoms with Crippen LogP contribution in [0.15, 0.2) is 48.5 Å². The lowest BCUT2D eigenvalue weighted by Gasteiger charge is -2.12. The molecule has 0 aliphatic carbocycles. The molecular formula is C22H24ClN3O3. The van der Waals surface area contributed by atoms with Crippen LogP contribution in [-0.4, -0.2) is 34.1 Å². The van der Waals surface area contributed by atoms with Crippen LogP contribution in [0.2, 0.25) is 5.02 Å². The minimum atomic E-state index is -0.295. The van der Waals surface area contributed by atoms with Gasteiger partial charge in [0.1, 0.15) is 12.4 Å². The molecule has 3 aromatic rings. The number of benzene rings is 2. The number of amides is 1. The number of aromatic nitrogens is 2. The van der Waals surface area contributed by atoms with E-state index >= 15 is 0 Å². The molecule has 3 rings (SSSR count). The highest BCUT2D eigenvalue weighted by Gasteiger charge is 2.15. The third-order valence-corrected chi connectivity index (χ3v) is 4.70. The van der Waals surface area contributed by atoms with E-state index in [1.807, 2.05) is 42.7 Å². The van der Waals surface area contributed by atoms with E-state index in [2.05, 4.69) is 10.3 Å². The first-order valence-electron chi connectivity index (χ1n) is 9.62. The fourth-order valence-electron chi connectivity index (χ4n) is 3.11.